The largest absolute Gasteiger partial charge is 0.487 e. The number of aryl methyl sites for hydroxylation is 1. The third kappa shape index (κ3) is 3.96. The van der Waals surface area contributed by atoms with Crippen LogP contribution in [-0.4, -0.2) is 16.1 Å². The molecule has 1 aromatic heterocycles. The summed E-state index contributed by atoms with van der Waals surface area (Å²) >= 11 is 6.42. The number of amides is 1. The van der Waals surface area contributed by atoms with Crippen LogP contribution in [0.1, 0.15) is 23.2 Å². The van der Waals surface area contributed by atoms with E-state index in [1.54, 1.807) is 5.48 Å². The van der Waals surface area contributed by atoms with Gasteiger partial charge in [0.15, 0.2) is 0 Å². The van der Waals surface area contributed by atoms with Crippen LogP contribution in [-0.2, 0) is 17.8 Å². The number of fused-ring (bicyclic) bond motifs is 1. The van der Waals surface area contributed by atoms with Crippen molar-refractivity contribution in [3.05, 3.63) is 70.4 Å². The molecule has 6 heteroatoms. The molecule has 2 unspecified atom stereocenters. The number of pyridine rings is 1. The third-order valence-corrected chi connectivity index (χ3v) is 5.47. The monoisotopic (exact) mass is 396 g/mol. The van der Waals surface area contributed by atoms with Gasteiger partial charge in [-0.15, -0.1) is 0 Å². The minimum Gasteiger partial charge on any atom is -0.487 e. The van der Waals surface area contributed by atoms with Crippen molar-refractivity contribution in [3.8, 4) is 5.75 Å². The number of carbonyl (C=O) groups excluding carboxylic acids is 1. The first-order valence-corrected chi connectivity index (χ1v) is 9.63. The molecule has 0 bridgehead atoms. The molecule has 1 amide bonds. The van der Waals surface area contributed by atoms with Crippen LogP contribution < -0.4 is 10.2 Å². The number of carbonyl (C=O) groups is 1. The Bertz CT molecular complexity index is 1040. The molecule has 1 aliphatic rings. The standard InChI is InChI=1S/C22H21ClN2O3/c1-13-8-16(17-4-2-3-5-20(17)24-13)12-28-21-7-6-14(10-19(21)23)9-15-11-18(15)22(26)25-27/h2-8,10,15,18,27H,9,11-12H2,1H3,(H,25,26). The maximum atomic E-state index is 11.4. The number of nitrogens with zero attached hydrogens (tertiary/aromatic N) is 1. The van der Waals surface area contributed by atoms with Crippen molar-refractivity contribution in [1.82, 2.24) is 10.5 Å². The Hall–Kier alpha value is -2.63. The van der Waals surface area contributed by atoms with Gasteiger partial charge in [0.25, 0.3) is 0 Å². The molecule has 0 spiro atoms. The number of hydrogen-bond donors (Lipinski definition) is 2. The lowest BCUT2D eigenvalue weighted by molar-refractivity contribution is -0.130. The van der Waals surface area contributed by atoms with E-state index in [4.69, 9.17) is 21.5 Å². The summed E-state index contributed by atoms with van der Waals surface area (Å²) in [4.78, 5) is 16.0. The summed E-state index contributed by atoms with van der Waals surface area (Å²) in [6.45, 7) is 2.38. The molecule has 1 aliphatic carbocycles. The van der Waals surface area contributed by atoms with Crippen LogP contribution >= 0.6 is 11.6 Å². The van der Waals surface area contributed by atoms with E-state index in [-0.39, 0.29) is 17.7 Å². The fourth-order valence-corrected chi connectivity index (χ4v) is 3.90. The Morgan fingerprint density at radius 1 is 1.29 bits per heavy atom. The van der Waals surface area contributed by atoms with Gasteiger partial charge in [-0.1, -0.05) is 35.9 Å². The first-order chi connectivity index (χ1) is 13.5. The van der Waals surface area contributed by atoms with Crippen molar-refractivity contribution in [2.24, 2.45) is 11.8 Å². The van der Waals surface area contributed by atoms with Gasteiger partial charge in [0, 0.05) is 22.6 Å². The second-order valence-corrected chi connectivity index (χ2v) is 7.68. The predicted molar refractivity (Wildman–Crippen MR) is 107 cm³/mol. The summed E-state index contributed by atoms with van der Waals surface area (Å²) in [6, 6.07) is 15.8. The highest BCUT2D eigenvalue weighted by Crippen LogP contribution is 2.41. The Morgan fingerprint density at radius 3 is 2.89 bits per heavy atom. The number of ether oxygens (including phenoxy) is 1. The molecule has 1 fully saturated rings. The van der Waals surface area contributed by atoms with Crippen LogP contribution in [0.15, 0.2) is 48.5 Å². The van der Waals surface area contributed by atoms with E-state index in [9.17, 15) is 4.79 Å². The maximum absolute atomic E-state index is 11.4. The second kappa shape index (κ2) is 7.78. The van der Waals surface area contributed by atoms with Gasteiger partial charge in [0.1, 0.15) is 12.4 Å². The molecule has 28 heavy (non-hydrogen) atoms. The Labute approximate surface area is 168 Å². The highest BCUT2D eigenvalue weighted by atomic mass is 35.5. The number of hydrogen-bond acceptors (Lipinski definition) is 4. The van der Waals surface area contributed by atoms with Gasteiger partial charge in [-0.25, -0.2) is 5.48 Å². The molecule has 144 valence electrons. The van der Waals surface area contributed by atoms with Crippen LogP contribution in [0.5, 0.6) is 5.75 Å². The summed E-state index contributed by atoms with van der Waals surface area (Å²) in [7, 11) is 0. The van der Waals surface area contributed by atoms with E-state index in [1.165, 1.54) is 0 Å². The summed E-state index contributed by atoms with van der Waals surface area (Å²) < 4.78 is 5.98. The first kappa shape index (κ1) is 18.7. The van der Waals surface area contributed by atoms with E-state index in [0.29, 0.717) is 17.4 Å². The maximum Gasteiger partial charge on any atom is 0.246 e. The number of aromatic nitrogens is 1. The van der Waals surface area contributed by atoms with Gasteiger partial charge in [-0.3, -0.25) is 15.0 Å². The van der Waals surface area contributed by atoms with Crippen molar-refractivity contribution in [2.75, 3.05) is 0 Å². The van der Waals surface area contributed by atoms with Gasteiger partial charge in [-0.2, -0.15) is 0 Å². The van der Waals surface area contributed by atoms with Gasteiger partial charge < -0.3 is 4.74 Å². The lowest BCUT2D eigenvalue weighted by atomic mass is 10.1. The molecular formula is C22H21ClN2O3. The highest BCUT2D eigenvalue weighted by molar-refractivity contribution is 6.32. The SMILES string of the molecule is Cc1cc(COc2ccc(CC3CC3C(=O)NO)cc2Cl)c2ccccc2n1. The zero-order chi connectivity index (χ0) is 19.7. The summed E-state index contributed by atoms with van der Waals surface area (Å²) in [5.41, 5.74) is 5.75. The van der Waals surface area contributed by atoms with Crippen molar-refractivity contribution in [2.45, 2.75) is 26.4 Å². The van der Waals surface area contributed by atoms with Gasteiger partial charge >= 0.3 is 0 Å². The molecule has 2 atom stereocenters. The van der Waals surface area contributed by atoms with Crippen molar-refractivity contribution in [3.63, 3.8) is 0 Å². The number of rotatable bonds is 6. The third-order valence-electron chi connectivity index (χ3n) is 5.18. The van der Waals surface area contributed by atoms with Crippen molar-refractivity contribution in [1.29, 1.82) is 0 Å². The van der Waals surface area contributed by atoms with Crippen LogP contribution in [0.25, 0.3) is 10.9 Å². The molecule has 1 heterocycles. The smallest absolute Gasteiger partial charge is 0.246 e. The molecule has 0 aliphatic heterocycles. The molecule has 3 aromatic rings. The van der Waals surface area contributed by atoms with Gasteiger partial charge in [-0.05, 0) is 55.5 Å². The fourth-order valence-electron chi connectivity index (χ4n) is 3.64. The molecule has 4 rings (SSSR count). The number of hydroxylamine groups is 1. The van der Waals surface area contributed by atoms with Gasteiger partial charge in [0.05, 0.1) is 10.5 Å². The quantitative estimate of drug-likeness (QED) is 0.476. The van der Waals surface area contributed by atoms with E-state index in [1.807, 2.05) is 55.5 Å². The number of nitrogens with one attached hydrogen (secondary N) is 1. The average molecular weight is 397 g/mol. The van der Waals surface area contributed by atoms with E-state index >= 15 is 0 Å². The first-order valence-electron chi connectivity index (χ1n) is 9.25. The predicted octanol–water partition coefficient (Wildman–Crippen LogP) is 4.46. The molecular weight excluding hydrogens is 376 g/mol. The Balaban J connectivity index is 1.44. The molecule has 0 saturated heterocycles. The zero-order valence-corrected chi connectivity index (χ0v) is 16.2. The second-order valence-electron chi connectivity index (χ2n) is 7.28. The normalized spacial score (nSPS) is 18.1. The number of benzene rings is 2. The lowest BCUT2D eigenvalue weighted by Crippen LogP contribution is -2.21. The molecule has 2 N–H and O–H groups in total. The van der Waals surface area contributed by atoms with Crippen LogP contribution in [0.4, 0.5) is 0 Å². The highest BCUT2D eigenvalue weighted by Gasteiger charge is 2.42. The molecule has 2 aromatic carbocycles. The van der Waals surface area contributed by atoms with Crippen molar-refractivity contribution < 1.29 is 14.7 Å². The minimum atomic E-state index is -0.309. The van der Waals surface area contributed by atoms with Crippen LogP contribution in [0.2, 0.25) is 5.02 Å². The molecule has 0 radical (unpaired) electrons. The van der Waals surface area contributed by atoms with E-state index in [0.717, 1.165) is 40.6 Å². The molecule has 1 saturated carbocycles. The topological polar surface area (TPSA) is 71.5 Å². The van der Waals surface area contributed by atoms with E-state index in [2.05, 4.69) is 4.98 Å². The number of halogens is 1. The lowest BCUT2D eigenvalue weighted by Gasteiger charge is -2.12. The Kier molecular flexibility index (Phi) is 5.20. The fraction of sp³-hybridized carbons (Fsp3) is 0.273. The molecule has 5 nitrogen and oxygen atoms in total. The van der Waals surface area contributed by atoms with Crippen molar-refractivity contribution >= 4 is 28.4 Å². The van der Waals surface area contributed by atoms with Crippen LogP contribution in [0, 0.1) is 18.8 Å². The average Bonchev–Trinajstić information content (AvgIpc) is 3.45. The number of para-hydroxylation sites is 1. The van der Waals surface area contributed by atoms with E-state index < -0.39 is 0 Å². The summed E-state index contributed by atoms with van der Waals surface area (Å²) in [5.74, 6) is 0.462. The van der Waals surface area contributed by atoms with Crippen LogP contribution in [0.3, 0.4) is 0 Å². The summed E-state index contributed by atoms with van der Waals surface area (Å²) in [6.07, 6.45) is 1.54. The summed E-state index contributed by atoms with van der Waals surface area (Å²) in [5, 5.41) is 10.3. The minimum absolute atomic E-state index is 0.108. The van der Waals surface area contributed by atoms with Gasteiger partial charge in [0.2, 0.25) is 5.91 Å². The Morgan fingerprint density at radius 2 is 2.11 bits per heavy atom. The zero-order valence-electron chi connectivity index (χ0n) is 15.5.